The molecule has 2 atom stereocenters. The number of carbonyl (C=O) groups excluding carboxylic acids is 1. The highest BCUT2D eigenvalue weighted by Crippen LogP contribution is 2.20. The Bertz CT molecular complexity index is 320. The molecule has 2 aliphatic rings. The molecule has 20 heavy (non-hydrogen) atoms. The summed E-state index contributed by atoms with van der Waals surface area (Å²) in [5.41, 5.74) is 0. The Balaban J connectivity index is 1.77. The van der Waals surface area contributed by atoms with E-state index in [1.54, 1.807) is 0 Å². The van der Waals surface area contributed by atoms with E-state index in [0.717, 1.165) is 32.6 Å². The molecule has 0 aromatic heterocycles. The Morgan fingerprint density at radius 2 is 2.15 bits per heavy atom. The molecule has 5 heteroatoms. The van der Waals surface area contributed by atoms with Crippen molar-refractivity contribution in [3.8, 4) is 0 Å². The average molecular weight is 283 g/mol. The molecular weight excluding hydrogens is 254 g/mol. The third kappa shape index (κ3) is 4.43. The van der Waals surface area contributed by atoms with Crippen LogP contribution in [0.5, 0.6) is 0 Å². The predicted molar refractivity (Wildman–Crippen MR) is 79.7 cm³/mol. The second-order valence-electron chi connectivity index (χ2n) is 6.15. The lowest BCUT2D eigenvalue weighted by molar-refractivity contribution is -0.143. The van der Waals surface area contributed by atoms with Crippen molar-refractivity contribution in [2.45, 2.75) is 50.7 Å². The van der Waals surface area contributed by atoms with Gasteiger partial charge in [0.2, 0.25) is 0 Å². The summed E-state index contributed by atoms with van der Waals surface area (Å²) in [6.07, 6.45) is 4.43. The van der Waals surface area contributed by atoms with Crippen LogP contribution in [-0.2, 0) is 9.53 Å². The zero-order chi connectivity index (χ0) is 14.5. The van der Waals surface area contributed by atoms with Gasteiger partial charge in [-0.2, -0.15) is 0 Å². The predicted octanol–water partition coefficient (Wildman–Crippen LogP) is 0.696. The summed E-state index contributed by atoms with van der Waals surface area (Å²) in [6.45, 7) is 6.56. The summed E-state index contributed by atoms with van der Waals surface area (Å²) in [5, 5.41) is 3.40. The smallest absolute Gasteiger partial charge is 0.322 e. The number of hydrogen-bond acceptors (Lipinski definition) is 5. The maximum absolute atomic E-state index is 11.8. The Morgan fingerprint density at radius 3 is 2.75 bits per heavy atom. The third-order valence-corrected chi connectivity index (χ3v) is 4.57. The third-order valence-electron chi connectivity index (χ3n) is 4.57. The molecule has 1 N–H and O–H groups in total. The lowest BCUT2D eigenvalue weighted by Gasteiger charge is -2.39. The molecule has 2 rings (SSSR count). The highest BCUT2D eigenvalue weighted by atomic mass is 16.5. The van der Waals surface area contributed by atoms with Gasteiger partial charge in [0.1, 0.15) is 6.04 Å². The maximum atomic E-state index is 11.8. The van der Waals surface area contributed by atoms with Gasteiger partial charge in [-0.25, -0.2) is 0 Å². The van der Waals surface area contributed by atoms with Crippen molar-refractivity contribution < 1.29 is 9.53 Å². The number of carbonyl (C=O) groups is 1. The zero-order valence-corrected chi connectivity index (χ0v) is 13.1. The Morgan fingerprint density at radius 1 is 1.40 bits per heavy atom. The number of likely N-dealkylation sites (N-methyl/N-ethyl adjacent to an activating group) is 1. The molecule has 0 spiro atoms. The van der Waals surface area contributed by atoms with Crippen molar-refractivity contribution in [1.29, 1.82) is 0 Å². The monoisotopic (exact) mass is 283 g/mol. The molecule has 0 amide bonds. The van der Waals surface area contributed by atoms with E-state index >= 15 is 0 Å². The lowest BCUT2D eigenvalue weighted by atomic mass is 10.1. The summed E-state index contributed by atoms with van der Waals surface area (Å²) in [6, 6.07) is 1.05. The van der Waals surface area contributed by atoms with Crippen LogP contribution in [0, 0.1) is 0 Å². The first-order valence-corrected chi connectivity index (χ1v) is 7.90. The van der Waals surface area contributed by atoms with Gasteiger partial charge in [0.15, 0.2) is 0 Å². The van der Waals surface area contributed by atoms with Crippen molar-refractivity contribution in [3.63, 3.8) is 0 Å². The minimum Gasteiger partial charge on any atom is -0.468 e. The van der Waals surface area contributed by atoms with E-state index in [2.05, 4.69) is 29.1 Å². The molecule has 0 bridgehead atoms. The summed E-state index contributed by atoms with van der Waals surface area (Å²) >= 11 is 0. The summed E-state index contributed by atoms with van der Waals surface area (Å²) in [4.78, 5) is 16.7. The molecule has 2 fully saturated rings. The van der Waals surface area contributed by atoms with E-state index in [1.165, 1.54) is 26.4 Å². The van der Waals surface area contributed by atoms with Crippen LogP contribution in [0.25, 0.3) is 0 Å². The van der Waals surface area contributed by atoms with Crippen LogP contribution in [0.15, 0.2) is 0 Å². The molecule has 1 saturated carbocycles. The van der Waals surface area contributed by atoms with E-state index in [1.807, 2.05) is 0 Å². The Hall–Kier alpha value is -0.650. The topological polar surface area (TPSA) is 44.8 Å². The maximum Gasteiger partial charge on any atom is 0.322 e. The number of esters is 1. The van der Waals surface area contributed by atoms with Crippen molar-refractivity contribution in [1.82, 2.24) is 15.1 Å². The normalized spacial score (nSPS) is 26.4. The molecule has 0 radical (unpaired) electrons. The second kappa shape index (κ2) is 7.38. The van der Waals surface area contributed by atoms with Crippen molar-refractivity contribution >= 4 is 5.97 Å². The highest BCUT2D eigenvalue weighted by molar-refractivity contribution is 5.75. The molecule has 1 aliphatic heterocycles. The van der Waals surface area contributed by atoms with Gasteiger partial charge in [0.25, 0.3) is 0 Å². The van der Waals surface area contributed by atoms with Crippen LogP contribution in [0.3, 0.4) is 0 Å². The minimum atomic E-state index is -0.132. The fourth-order valence-electron chi connectivity index (χ4n) is 2.91. The molecule has 1 saturated heterocycles. The van der Waals surface area contributed by atoms with Crippen LogP contribution in [0.4, 0.5) is 0 Å². The van der Waals surface area contributed by atoms with Gasteiger partial charge in [-0.05, 0) is 32.7 Å². The van der Waals surface area contributed by atoms with E-state index < -0.39 is 0 Å². The van der Waals surface area contributed by atoms with E-state index in [4.69, 9.17) is 4.74 Å². The van der Waals surface area contributed by atoms with Gasteiger partial charge < -0.3 is 19.9 Å². The summed E-state index contributed by atoms with van der Waals surface area (Å²) in [7, 11) is 3.68. The number of piperazine rings is 1. The quantitative estimate of drug-likeness (QED) is 0.697. The van der Waals surface area contributed by atoms with E-state index in [9.17, 15) is 4.79 Å². The number of nitrogens with one attached hydrogen (secondary N) is 1. The van der Waals surface area contributed by atoms with E-state index in [-0.39, 0.29) is 12.0 Å². The van der Waals surface area contributed by atoms with Crippen molar-refractivity contribution in [2.75, 3.05) is 40.3 Å². The Kier molecular flexibility index (Phi) is 5.81. The van der Waals surface area contributed by atoms with Crippen LogP contribution in [0.2, 0.25) is 0 Å². The summed E-state index contributed by atoms with van der Waals surface area (Å²) in [5.74, 6) is -0.113. The average Bonchev–Trinajstić information content (AvgIpc) is 3.28. The van der Waals surface area contributed by atoms with Gasteiger partial charge in [0, 0.05) is 38.3 Å². The molecular formula is C15H29N3O2. The zero-order valence-electron chi connectivity index (χ0n) is 13.1. The largest absolute Gasteiger partial charge is 0.468 e. The van der Waals surface area contributed by atoms with Gasteiger partial charge in [-0.1, -0.05) is 6.92 Å². The number of ether oxygens (including phenoxy) is 1. The molecule has 0 aromatic carbocycles. The molecule has 1 heterocycles. The first kappa shape index (κ1) is 15.7. The first-order chi connectivity index (χ1) is 9.63. The van der Waals surface area contributed by atoms with Gasteiger partial charge in [-0.3, -0.25) is 4.79 Å². The highest BCUT2D eigenvalue weighted by Gasteiger charge is 2.30. The fourth-order valence-corrected chi connectivity index (χ4v) is 2.91. The fraction of sp³-hybridized carbons (Fsp3) is 0.933. The minimum absolute atomic E-state index is 0.113. The van der Waals surface area contributed by atoms with Crippen LogP contribution < -0.4 is 5.32 Å². The first-order valence-electron chi connectivity index (χ1n) is 7.90. The standard InChI is InChI=1S/C15H29N3O2/c1-4-13-11-18(10-9-17(13)2)8-7-14(15(19)20-3)16-12-5-6-12/h12-14,16H,4-11H2,1-3H3. The van der Waals surface area contributed by atoms with Crippen LogP contribution >= 0.6 is 0 Å². The van der Waals surface area contributed by atoms with Crippen LogP contribution in [-0.4, -0.2) is 74.2 Å². The molecule has 5 nitrogen and oxygen atoms in total. The molecule has 116 valence electrons. The van der Waals surface area contributed by atoms with E-state index in [0.29, 0.717) is 12.1 Å². The summed E-state index contributed by atoms with van der Waals surface area (Å²) < 4.78 is 4.91. The SMILES string of the molecule is CCC1CN(CCC(NC2CC2)C(=O)OC)CCN1C. The van der Waals surface area contributed by atoms with Gasteiger partial charge in [-0.15, -0.1) is 0 Å². The van der Waals surface area contributed by atoms with Gasteiger partial charge >= 0.3 is 5.97 Å². The second-order valence-corrected chi connectivity index (χ2v) is 6.15. The number of methoxy groups -OCH3 is 1. The number of hydrogen-bond donors (Lipinski definition) is 1. The molecule has 1 aliphatic carbocycles. The molecule has 0 aromatic rings. The number of nitrogens with zero attached hydrogens (tertiary/aromatic N) is 2. The van der Waals surface area contributed by atoms with Gasteiger partial charge in [0.05, 0.1) is 7.11 Å². The number of rotatable bonds is 7. The molecule has 2 unspecified atom stereocenters. The van der Waals surface area contributed by atoms with Crippen molar-refractivity contribution in [3.05, 3.63) is 0 Å². The lowest BCUT2D eigenvalue weighted by Crippen LogP contribution is -2.52. The van der Waals surface area contributed by atoms with Crippen LogP contribution in [0.1, 0.15) is 32.6 Å². The van der Waals surface area contributed by atoms with Crippen molar-refractivity contribution in [2.24, 2.45) is 0 Å². The Labute approximate surface area is 122 Å².